The van der Waals surface area contributed by atoms with E-state index in [4.69, 9.17) is 9.47 Å². The molecule has 0 fully saturated rings. The summed E-state index contributed by atoms with van der Waals surface area (Å²) in [6.07, 6.45) is 0. The number of rotatable bonds is 6. The molecule has 0 amide bonds. The number of fused-ring (bicyclic) bond motifs is 1. The highest BCUT2D eigenvalue weighted by molar-refractivity contribution is 5.56. The van der Waals surface area contributed by atoms with Crippen LogP contribution in [0.2, 0.25) is 0 Å². The van der Waals surface area contributed by atoms with Gasteiger partial charge in [-0.25, -0.2) is 4.52 Å². The van der Waals surface area contributed by atoms with Crippen molar-refractivity contribution in [3.05, 3.63) is 65.0 Å². The van der Waals surface area contributed by atoms with Crippen LogP contribution < -0.4 is 4.74 Å². The van der Waals surface area contributed by atoms with E-state index in [-0.39, 0.29) is 6.61 Å². The maximum absolute atomic E-state index is 9.42. The second-order valence-electron chi connectivity index (χ2n) is 5.43. The van der Waals surface area contributed by atoms with Gasteiger partial charge in [0, 0.05) is 11.3 Å². The monoisotopic (exact) mass is 312 g/mol. The summed E-state index contributed by atoms with van der Waals surface area (Å²) in [5, 5.41) is 14.0. The van der Waals surface area contributed by atoms with Crippen LogP contribution >= 0.6 is 0 Å². The average molecular weight is 312 g/mol. The van der Waals surface area contributed by atoms with Crippen LogP contribution in [0.1, 0.15) is 22.5 Å². The number of ether oxygens (including phenoxy) is 2. The summed E-state index contributed by atoms with van der Waals surface area (Å²) in [4.78, 5) is 0. The summed E-state index contributed by atoms with van der Waals surface area (Å²) in [6, 6.07) is 13.6. The number of hydrogen-bond donors (Lipinski definition) is 1. The lowest BCUT2D eigenvalue weighted by Crippen LogP contribution is -1.98. The molecule has 0 aliphatic carbocycles. The van der Waals surface area contributed by atoms with Gasteiger partial charge in [0.05, 0.1) is 38.1 Å². The van der Waals surface area contributed by atoms with Crippen molar-refractivity contribution in [1.82, 2.24) is 9.61 Å². The van der Waals surface area contributed by atoms with E-state index in [1.807, 2.05) is 53.9 Å². The van der Waals surface area contributed by atoms with Gasteiger partial charge in [-0.3, -0.25) is 0 Å². The molecule has 3 aromatic rings. The molecule has 2 aromatic heterocycles. The Kier molecular flexibility index (Phi) is 4.60. The molecule has 120 valence electrons. The molecule has 5 nitrogen and oxygen atoms in total. The summed E-state index contributed by atoms with van der Waals surface area (Å²) in [5.41, 5.74) is 4.75. The molecule has 23 heavy (non-hydrogen) atoms. The standard InChI is InChI=1S/C18H20N2O3/c1-13-3-6-15(10-21)18-9-16(19-20(13)18)12-23-11-14-4-7-17(22-2)8-5-14/h3-9,21H,10-12H2,1-2H3. The summed E-state index contributed by atoms with van der Waals surface area (Å²) >= 11 is 0. The smallest absolute Gasteiger partial charge is 0.118 e. The maximum Gasteiger partial charge on any atom is 0.118 e. The third-order valence-electron chi connectivity index (χ3n) is 3.80. The molecule has 0 saturated carbocycles. The number of pyridine rings is 1. The lowest BCUT2D eigenvalue weighted by Gasteiger charge is -2.04. The molecule has 0 unspecified atom stereocenters. The minimum absolute atomic E-state index is 0.00161. The zero-order valence-corrected chi connectivity index (χ0v) is 13.3. The molecular formula is C18H20N2O3. The van der Waals surface area contributed by atoms with E-state index in [1.165, 1.54) is 0 Å². The fourth-order valence-corrected chi connectivity index (χ4v) is 2.50. The number of methoxy groups -OCH3 is 1. The number of benzene rings is 1. The molecule has 0 atom stereocenters. The van der Waals surface area contributed by atoms with Crippen molar-refractivity contribution in [3.8, 4) is 5.75 Å². The maximum atomic E-state index is 9.42. The Hall–Kier alpha value is -2.37. The molecule has 2 heterocycles. The lowest BCUT2D eigenvalue weighted by molar-refractivity contribution is 0.104. The third-order valence-corrected chi connectivity index (χ3v) is 3.80. The number of aryl methyl sites for hydroxylation is 1. The first-order chi connectivity index (χ1) is 11.2. The largest absolute Gasteiger partial charge is 0.497 e. The van der Waals surface area contributed by atoms with Gasteiger partial charge in [0.25, 0.3) is 0 Å². The Balaban J connectivity index is 1.68. The molecule has 0 aliphatic heterocycles. The SMILES string of the molecule is COc1ccc(COCc2cc3c(CO)ccc(C)n3n2)cc1. The van der Waals surface area contributed by atoms with Crippen molar-refractivity contribution in [2.24, 2.45) is 0 Å². The van der Waals surface area contributed by atoms with Gasteiger partial charge in [0.2, 0.25) is 0 Å². The molecule has 5 heteroatoms. The minimum atomic E-state index is 0.00161. The van der Waals surface area contributed by atoms with Crippen molar-refractivity contribution >= 4 is 5.52 Å². The van der Waals surface area contributed by atoms with Crippen LogP contribution in [0, 0.1) is 6.92 Å². The van der Waals surface area contributed by atoms with Crippen LogP contribution in [-0.2, 0) is 24.6 Å². The number of aliphatic hydroxyl groups is 1. The molecular weight excluding hydrogens is 292 g/mol. The second-order valence-corrected chi connectivity index (χ2v) is 5.43. The highest BCUT2D eigenvalue weighted by Gasteiger charge is 2.08. The molecule has 0 radical (unpaired) electrons. The Bertz CT molecular complexity index is 794. The normalized spacial score (nSPS) is 11.1. The van der Waals surface area contributed by atoms with E-state index in [0.29, 0.717) is 13.2 Å². The molecule has 3 rings (SSSR count). The van der Waals surface area contributed by atoms with Crippen LogP contribution in [0.5, 0.6) is 5.75 Å². The topological polar surface area (TPSA) is 56.0 Å². The minimum Gasteiger partial charge on any atom is -0.497 e. The highest BCUT2D eigenvalue weighted by Crippen LogP contribution is 2.17. The third kappa shape index (κ3) is 3.36. The summed E-state index contributed by atoms with van der Waals surface area (Å²) in [5.74, 6) is 0.834. The van der Waals surface area contributed by atoms with Crippen molar-refractivity contribution < 1.29 is 14.6 Å². The molecule has 1 aromatic carbocycles. The van der Waals surface area contributed by atoms with Crippen LogP contribution in [0.3, 0.4) is 0 Å². The van der Waals surface area contributed by atoms with E-state index in [0.717, 1.165) is 33.8 Å². The van der Waals surface area contributed by atoms with E-state index < -0.39 is 0 Å². The molecule has 0 saturated heterocycles. The zero-order valence-electron chi connectivity index (χ0n) is 13.3. The van der Waals surface area contributed by atoms with Crippen LogP contribution in [-0.4, -0.2) is 21.8 Å². The van der Waals surface area contributed by atoms with Crippen molar-refractivity contribution in [1.29, 1.82) is 0 Å². The van der Waals surface area contributed by atoms with Gasteiger partial charge in [-0.1, -0.05) is 18.2 Å². The first-order valence-corrected chi connectivity index (χ1v) is 7.50. The molecule has 1 N–H and O–H groups in total. The summed E-state index contributed by atoms with van der Waals surface area (Å²) in [6.45, 7) is 2.94. The van der Waals surface area contributed by atoms with Gasteiger partial charge < -0.3 is 14.6 Å². The summed E-state index contributed by atoms with van der Waals surface area (Å²) in [7, 11) is 1.65. The predicted octanol–water partition coefficient (Wildman–Crippen LogP) is 2.86. The van der Waals surface area contributed by atoms with E-state index in [2.05, 4.69) is 5.10 Å². The summed E-state index contributed by atoms with van der Waals surface area (Å²) < 4.78 is 12.7. The molecule has 0 spiro atoms. The number of hydrogen-bond acceptors (Lipinski definition) is 4. The van der Waals surface area contributed by atoms with Gasteiger partial charge in [0.15, 0.2) is 0 Å². The fourth-order valence-electron chi connectivity index (χ4n) is 2.50. The van der Waals surface area contributed by atoms with Gasteiger partial charge >= 0.3 is 0 Å². The van der Waals surface area contributed by atoms with Gasteiger partial charge in [-0.2, -0.15) is 5.10 Å². The fraction of sp³-hybridized carbons (Fsp3) is 0.278. The van der Waals surface area contributed by atoms with Crippen LogP contribution in [0.4, 0.5) is 0 Å². The first-order valence-electron chi connectivity index (χ1n) is 7.50. The van der Waals surface area contributed by atoms with Crippen molar-refractivity contribution in [2.45, 2.75) is 26.7 Å². The number of aliphatic hydroxyl groups excluding tert-OH is 1. The number of aromatic nitrogens is 2. The molecule has 0 aliphatic rings. The van der Waals surface area contributed by atoms with E-state index >= 15 is 0 Å². The van der Waals surface area contributed by atoms with E-state index in [9.17, 15) is 5.11 Å². The predicted molar refractivity (Wildman–Crippen MR) is 87.3 cm³/mol. The van der Waals surface area contributed by atoms with Crippen LogP contribution in [0.25, 0.3) is 5.52 Å². The number of nitrogens with zero attached hydrogens (tertiary/aromatic N) is 2. The Labute approximate surface area is 135 Å². The van der Waals surface area contributed by atoms with Crippen LogP contribution in [0.15, 0.2) is 42.5 Å². The van der Waals surface area contributed by atoms with Crippen molar-refractivity contribution in [3.63, 3.8) is 0 Å². The van der Waals surface area contributed by atoms with E-state index in [1.54, 1.807) is 7.11 Å². The average Bonchev–Trinajstić information content (AvgIpc) is 3.01. The lowest BCUT2D eigenvalue weighted by atomic mass is 10.2. The Morgan fingerprint density at radius 1 is 1.09 bits per heavy atom. The Morgan fingerprint density at radius 2 is 1.87 bits per heavy atom. The van der Waals surface area contributed by atoms with Gasteiger partial charge in [-0.05, 0) is 36.8 Å². The van der Waals surface area contributed by atoms with Gasteiger partial charge in [-0.15, -0.1) is 0 Å². The molecule has 0 bridgehead atoms. The second kappa shape index (κ2) is 6.81. The zero-order chi connectivity index (χ0) is 16.2. The first kappa shape index (κ1) is 15.5. The quantitative estimate of drug-likeness (QED) is 0.760. The van der Waals surface area contributed by atoms with Crippen molar-refractivity contribution in [2.75, 3.05) is 7.11 Å². The van der Waals surface area contributed by atoms with Gasteiger partial charge in [0.1, 0.15) is 5.75 Å². The Morgan fingerprint density at radius 3 is 2.57 bits per heavy atom. The highest BCUT2D eigenvalue weighted by atomic mass is 16.5.